The van der Waals surface area contributed by atoms with Gasteiger partial charge < -0.3 is 8.83 Å². The van der Waals surface area contributed by atoms with Gasteiger partial charge in [0, 0.05) is 23.2 Å². The first-order chi connectivity index (χ1) is 8.93. The SMILES string of the molecule is c1cc2cocc2cn1.c1ccc2ocnc2c1. The van der Waals surface area contributed by atoms with E-state index < -0.39 is 0 Å². The largest absolute Gasteiger partial charge is 0.471 e. The van der Waals surface area contributed by atoms with Gasteiger partial charge in [-0.25, -0.2) is 4.98 Å². The molecule has 4 heteroatoms. The minimum Gasteiger partial charge on any atom is -0.471 e. The van der Waals surface area contributed by atoms with Gasteiger partial charge in [0.25, 0.3) is 0 Å². The van der Waals surface area contributed by atoms with Gasteiger partial charge in [0.15, 0.2) is 12.0 Å². The summed E-state index contributed by atoms with van der Waals surface area (Å²) in [7, 11) is 0. The van der Waals surface area contributed by atoms with Crippen molar-refractivity contribution >= 4 is 21.9 Å². The molecule has 0 saturated heterocycles. The third-order valence-electron chi connectivity index (χ3n) is 2.51. The first-order valence-corrected chi connectivity index (χ1v) is 5.47. The molecule has 4 rings (SSSR count). The Balaban J connectivity index is 0.000000111. The Bertz CT molecular complexity index is 632. The predicted molar refractivity (Wildman–Crippen MR) is 68.0 cm³/mol. The molecule has 4 nitrogen and oxygen atoms in total. The summed E-state index contributed by atoms with van der Waals surface area (Å²) in [5.41, 5.74) is 1.76. The van der Waals surface area contributed by atoms with E-state index in [4.69, 9.17) is 8.83 Å². The number of aromatic nitrogens is 2. The molecule has 0 radical (unpaired) electrons. The molecular weight excluding hydrogens is 228 g/mol. The maximum absolute atomic E-state index is 5.01. The standard InChI is InChI=1S/2C7H5NO/c1-2-8-3-7-5-9-4-6(1)7;1-2-4-7-6(3-1)8-5-9-7/h2*1-5H. The second-order valence-electron chi connectivity index (χ2n) is 3.70. The van der Waals surface area contributed by atoms with Crippen LogP contribution in [0.3, 0.4) is 0 Å². The zero-order chi connectivity index (χ0) is 12.2. The molecule has 18 heavy (non-hydrogen) atoms. The summed E-state index contributed by atoms with van der Waals surface area (Å²) in [4.78, 5) is 7.88. The molecule has 0 saturated carbocycles. The lowest BCUT2D eigenvalue weighted by atomic mass is 10.3. The zero-order valence-electron chi connectivity index (χ0n) is 9.48. The fourth-order valence-electron chi connectivity index (χ4n) is 1.61. The van der Waals surface area contributed by atoms with Crippen LogP contribution in [0.15, 0.2) is 70.5 Å². The lowest BCUT2D eigenvalue weighted by molar-refractivity contribution is 0.572. The van der Waals surface area contributed by atoms with E-state index in [9.17, 15) is 0 Å². The first kappa shape index (κ1) is 10.5. The Morgan fingerprint density at radius 1 is 0.944 bits per heavy atom. The summed E-state index contributed by atoms with van der Waals surface area (Å²) in [6, 6.07) is 9.58. The second kappa shape index (κ2) is 4.71. The van der Waals surface area contributed by atoms with Crippen molar-refractivity contribution in [3.05, 3.63) is 61.6 Å². The number of rotatable bonds is 0. The molecule has 1 aromatic carbocycles. The van der Waals surface area contributed by atoms with Crippen LogP contribution in [-0.2, 0) is 0 Å². The summed E-state index contributed by atoms with van der Waals surface area (Å²) >= 11 is 0. The highest BCUT2D eigenvalue weighted by Gasteiger charge is 1.91. The molecule has 0 aliphatic carbocycles. The molecule has 0 N–H and O–H groups in total. The highest BCUT2D eigenvalue weighted by molar-refractivity contribution is 5.79. The van der Waals surface area contributed by atoms with Crippen LogP contribution in [0.1, 0.15) is 0 Å². The molecule has 0 aliphatic heterocycles. The average molecular weight is 238 g/mol. The van der Waals surface area contributed by atoms with Gasteiger partial charge in [-0.2, -0.15) is 0 Å². The van der Waals surface area contributed by atoms with Crippen molar-refractivity contribution in [3.63, 3.8) is 0 Å². The number of hydrogen-bond acceptors (Lipinski definition) is 4. The molecular formula is C14H10N2O2. The fraction of sp³-hybridized carbons (Fsp3) is 0. The number of hydrogen-bond donors (Lipinski definition) is 0. The van der Waals surface area contributed by atoms with Crippen molar-refractivity contribution in [3.8, 4) is 0 Å². The number of benzene rings is 1. The van der Waals surface area contributed by atoms with Gasteiger partial charge in [-0.15, -0.1) is 0 Å². The van der Waals surface area contributed by atoms with Gasteiger partial charge >= 0.3 is 0 Å². The number of fused-ring (bicyclic) bond motifs is 2. The molecule has 0 unspecified atom stereocenters. The average Bonchev–Trinajstić information content (AvgIpc) is 3.08. The van der Waals surface area contributed by atoms with E-state index in [1.54, 1.807) is 24.9 Å². The van der Waals surface area contributed by atoms with E-state index in [0.29, 0.717) is 0 Å². The van der Waals surface area contributed by atoms with Crippen LogP contribution < -0.4 is 0 Å². The number of para-hydroxylation sites is 2. The molecule has 4 aromatic rings. The van der Waals surface area contributed by atoms with Crippen molar-refractivity contribution in [2.24, 2.45) is 0 Å². The monoisotopic (exact) mass is 238 g/mol. The van der Waals surface area contributed by atoms with Crippen LogP contribution in [0.2, 0.25) is 0 Å². The highest BCUT2D eigenvalue weighted by atomic mass is 16.3. The number of pyridine rings is 1. The highest BCUT2D eigenvalue weighted by Crippen LogP contribution is 2.11. The van der Waals surface area contributed by atoms with Crippen molar-refractivity contribution in [2.75, 3.05) is 0 Å². The molecule has 0 bridgehead atoms. The normalized spacial score (nSPS) is 10.2. The Morgan fingerprint density at radius 3 is 2.72 bits per heavy atom. The molecule has 0 atom stereocenters. The van der Waals surface area contributed by atoms with Crippen LogP contribution in [0.25, 0.3) is 21.9 Å². The van der Waals surface area contributed by atoms with Crippen LogP contribution in [0.5, 0.6) is 0 Å². The van der Waals surface area contributed by atoms with Crippen LogP contribution in [-0.4, -0.2) is 9.97 Å². The summed E-state index contributed by atoms with van der Waals surface area (Å²) in [6.07, 6.45) is 8.36. The lowest BCUT2D eigenvalue weighted by Crippen LogP contribution is -1.65. The molecule has 0 spiro atoms. The Morgan fingerprint density at radius 2 is 1.83 bits per heavy atom. The smallest absolute Gasteiger partial charge is 0.181 e. The third-order valence-corrected chi connectivity index (χ3v) is 2.51. The first-order valence-electron chi connectivity index (χ1n) is 5.47. The number of nitrogens with zero attached hydrogens (tertiary/aromatic N) is 2. The van der Waals surface area contributed by atoms with Crippen molar-refractivity contribution in [1.82, 2.24) is 9.97 Å². The zero-order valence-corrected chi connectivity index (χ0v) is 9.48. The maximum Gasteiger partial charge on any atom is 0.181 e. The molecule has 3 aromatic heterocycles. The van der Waals surface area contributed by atoms with Gasteiger partial charge in [0.1, 0.15) is 5.52 Å². The van der Waals surface area contributed by atoms with E-state index in [-0.39, 0.29) is 0 Å². The van der Waals surface area contributed by atoms with Crippen molar-refractivity contribution < 1.29 is 8.83 Å². The predicted octanol–water partition coefficient (Wildman–Crippen LogP) is 3.66. The van der Waals surface area contributed by atoms with Crippen LogP contribution in [0.4, 0.5) is 0 Å². The van der Waals surface area contributed by atoms with Gasteiger partial charge in [-0.1, -0.05) is 12.1 Å². The van der Waals surface area contributed by atoms with Gasteiger partial charge in [0.05, 0.1) is 12.5 Å². The van der Waals surface area contributed by atoms with E-state index in [0.717, 1.165) is 21.9 Å². The van der Waals surface area contributed by atoms with E-state index >= 15 is 0 Å². The minimum atomic E-state index is 0.845. The summed E-state index contributed by atoms with van der Waals surface area (Å²) in [5, 5.41) is 2.16. The van der Waals surface area contributed by atoms with Crippen LogP contribution in [0, 0.1) is 0 Å². The van der Waals surface area contributed by atoms with Crippen molar-refractivity contribution in [2.45, 2.75) is 0 Å². The summed E-state index contributed by atoms with van der Waals surface area (Å²) in [5.74, 6) is 0. The molecule has 0 fully saturated rings. The quantitative estimate of drug-likeness (QED) is 0.469. The van der Waals surface area contributed by atoms with Crippen LogP contribution >= 0.6 is 0 Å². The molecule has 88 valence electrons. The Labute approximate surface area is 103 Å². The molecule has 0 aliphatic rings. The van der Waals surface area contributed by atoms with Crippen molar-refractivity contribution in [1.29, 1.82) is 0 Å². The molecule has 3 heterocycles. The molecule has 0 amide bonds. The second-order valence-corrected chi connectivity index (χ2v) is 3.70. The fourth-order valence-corrected chi connectivity index (χ4v) is 1.61. The number of furan rings is 1. The third kappa shape index (κ3) is 2.08. The summed E-state index contributed by atoms with van der Waals surface area (Å²) < 4.78 is 9.93. The topological polar surface area (TPSA) is 52.1 Å². The minimum absolute atomic E-state index is 0.845. The Kier molecular flexibility index (Phi) is 2.75. The Hall–Kier alpha value is -2.62. The number of oxazole rings is 1. The van der Waals surface area contributed by atoms with Gasteiger partial charge in [0.2, 0.25) is 0 Å². The van der Waals surface area contributed by atoms with Gasteiger partial charge in [-0.05, 0) is 18.2 Å². The van der Waals surface area contributed by atoms with E-state index in [1.165, 1.54) is 6.39 Å². The van der Waals surface area contributed by atoms with E-state index in [1.807, 2.05) is 30.3 Å². The van der Waals surface area contributed by atoms with E-state index in [2.05, 4.69) is 9.97 Å². The maximum atomic E-state index is 5.01. The van der Waals surface area contributed by atoms with Gasteiger partial charge in [-0.3, -0.25) is 4.98 Å². The lowest BCUT2D eigenvalue weighted by Gasteiger charge is -1.79. The summed E-state index contributed by atoms with van der Waals surface area (Å²) in [6.45, 7) is 0.